The fourth-order valence-electron chi connectivity index (χ4n) is 2.66. The number of nitrogens with one attached hydrogen (secondary N) is 1. The molecule has 0 bridgehead atoms. The molecule has 2 N–H and O–H groups in total. The molecule has 6 nitrogen and oxygen atoms in total. The number of pyridine rings is 1. The molecule has 2 rings (SSSR count). The van der Waals surface area contributed by atoms with Gasteiger partial charge in [0.05, 0.1) is 0 Å². The third-order valence-electron chi connectivity index (χ3n) is 3.95. The van der Waals surface area contributed by atoms with Crippen molar-refractivity contribution in [1.82, 2.24) is 9.88 Å². The summed E-state index contributed by atoms with van der Waals surface area (Å²) in [5, 5.41) is 8.68. The Morgan fingerprint density at radius 3 is 2.57 bits per heavy atom. The van der Waals surface area contributed by atoms with Crippen molar-refractivity contribution in [1.29, 1.82) is 0 Å². The van der Waals surface area contributed by atoms with E-state index in [9.17, 15) is 14.4 Å². The first-order valence-corrected chi connectivity index (χ1v) is 7.18. The molecule has 0 aromatic carbocycles. The summed E-state index contributed by atoms with van der Waals surface area (Å²) in [5.74, 6) is -0.672. The van der Waals surface area contributed by atoms with E-state index >= 15 is 0 Å². The molecule has 114 valence electrons. The van der Waals surface area contributed by atoms with Crippen LogP contribution in [0, 0.1) is 12.8 Å². The maximum atomic E-state index is 12.3. The van der Waals surface area contributed by atoms with Crippen LogP contribution in [0.4, 0.5) is 0 Å². The molecule has 1 aromatic rings. The molecule has 6 heteroatoms. The molecular formula is C15H20N2O4. The van der Waals surface area contributed by atoms with E-state index in [0.717, 1.165) is 18.5 Å². The Kier molecular flexibility index (Phi) is 4.77. The number of aromatic amines is 1. The van der Waals surface area contributed by atoms with Gasteiger partial charge in [0.25, 0.3) is 11.5 Å². The highest BCUT2D eigenvalue weighted by atomic mass is 16.4. The first-order valence-electron chi connectivity index (χ1n) is 7.18. The van der Waals surface area contributed by atoms with Crippen LogP contribution >= 0.6 is 0 Å². The summed E-state index contributed by atoms with van der Waals surface area (Å²) in [4.78, 5) is 39.0. The number of H-pyrrole nitrogens is 1. The van der Waals surface area contributed by atoms with Crippen molar-refractivity contribution in [2.75, 3.05) is 13.1 Å². The van der Waals surface area contributed by atoms with Crippen LogP contribution in [0.1, 0.15) is 41.7 Å². The molecule has 1 aromatic heterocycles. The molecular weight excluding hydrogens is 272 g/mol. The molecule has 0 aliphatic carbocycles. The minimum atomic E-state index is -0.778. The number of rotatable bonds is 4. The number of likely N-dealkylation sites (tertiary alicyclic amines) is 1. The highest BCUT2D eigenvalue weighted by molar-refractivity contribution is 5.93. The average molecular weight is 292 g/mol. The van der Waals surface area contributed by atoms with E-state index in [1.165, 1.54) is 0 Å². The van der Waals surface area contributed by atoms with Crippen LogP contribution in [-0.4, -0.2) is 40.0 Å². The predicted molar refractivity (Wildman–Crippen MR) is 77.3 cm³/mol. The van der Waals surface area contributed by atoms with Crippen molar-refractivity contribution >= 4 is 11.9 Å². The lowest BCUT2D eigenvalue weighted by atomic mass is 9.92. The Hall–Kier alpha value is -2.11. The number of amides is 1. The van der Waals surface area contributed by atoms with Crippen LogP contribution < -0.4 is 5.56 Å². The number of nitrogens with zero attached hydrogens (tertiary/aromatic N) is 1. The number of aliphatic carboxylic acids is 1. The largest absolute Gasteiger partial charge is 0.481 e. The zero-order valence-corrected chi connectivity index (χ0v) is 12.1. The Morgan fingerprint density at radius 2 is 2.00 bits per heavy atom. The van der Waals surface area contributed by atoms with Gasteiger partial charge in [-0.05, 0) is 44.2 Å². The van der Waals surface area contributed by atoms with Crippen molar-refractivity contribution in [2.45, 2.75) is 32.6 Å². The van der Waals surface area contributed by atoms with Crippen LogP contribution in [-0.2, 0) is 4.79 Å². The van der Waals surface area contributed by atoms with E-state index in [1.54, 1.807) is 24.0 Å². The quantitative estimate of drug-likeness (QED) is 0.877. The van der Waals surface area contributed by atoms with E-state index in [2.05, 4.69) is 4.98 Å². The second-order valence-electron chi connectivity index (χ2n) is 5.55. The van der Waals surface area contributed by atoms with Gasteiger partial charge in [0, 0.05) is 25.2 Å². The highest BCUT2D eigenvalue weighted by Gasteiger charge is 2.25. The number of carbonyl (C=O) groups excluding carboxylic acids is 1. The van der Waals surface area contributed by atoms with E-state index in [0.29, 0.717) is 25.4 Å². The van der Waals surface area contributed by atoms with Gasteiger partial charge in [0.2, 0.25) is 0 Å². The monoisotopic (exact) mass is 292 g/mol. The van der Waals surface area contributed by atoms with Crippen LogP contribution in [0.15, 0.2) is 16.9 Å². The lowest BCUT2D eigenvalue weighted by Gasteiger charge is -2.31. The number of piperidine rings is 1. The van der Waals surface area contributed by atoms with Crippen molar-refractivity contribution < 1.29 is 14.7 Å². The lowest BCUT2D eigenvalue weighted by Crippen LogP contribution is -2.40. The van der Waals surface area contributed by atoms with Crippen LogP contribution in [0.25, 0.3) is 0 Å². The summed E-state index contributed by atoms with van der Waals surface area (Å²) in [6, 6.07) is 3.28. The third kappa shape index (κ3) is 3.93. The molecule has 1 aliphatic rings. The Balaban J connectivity index is 1.94. The molecule has 0 radical (unpaired) electrons. The van der Waals surface area contributed by atoms with Crippen molar-refractivity contribution in [3.8, 4) is 0 Å². The molecule has 0 atom stereocenters. The van der Waals surface area contributed by atoms with Gasteiger partial charge in [-0.1, -0.05) is 0 Å². The van der Waals surface area contributed by atoms with Crippen LogP contribution in [0.2, 0.25) is 0 Å². The number of carboxylic acid groups (broad SMARTS) is 1. The maximum absolute atomic E-state index is 12.3. The average Bonchev–Trinajstić information content (AvgIpc) is 2.45. The number of hydrogen-bond acceptors (Lipinski definition) is 3. The van der Waals surface area contributed by atoms with Crippen LogP contribution in [0.3, 0.4) is 0 Å². The van der Waals surface area contributed by atoms with Gasteiger partial charge in [-0.15, -0.1) is 0 Å². The maximum Gasteiger partial charge on any atom is 0.303 e. The minimum absolute atomic E-state index is 0.171. The number of aromatic nitrogens is 1. The summed E-state index contributed by atoms with van der Waals surface area (Å²) in [7, 11) is 0. The predicted octanol–water partition coefficient (Wildman–Crippen LogP) is 1.40. The first-order chi connectivity index (χ1) is 9.97. The topological polar surface area (TPSA) is 90.5 Å². The summed E-state index contributed by atoms with van der Waals surface area (Å²) < 4.78 is 0. The summed E-state index contributed by atoms with van der Waals surface area (Å²) in [6.45, 7) is 2.93. The van der Waals surface area contributed by atoms with Crippen LogP contribution in [0.5, 0.6) is 0 Å². The summed E-state index contributed by atoms with van der Waals surface area (Å²) >= 11 is 0. The molecule has 1 fully saturated rings. The number of carboxylic acids is 1. The van der Waals surface area contributed by atoms with Gasteiger partial charge in [0.1, 0.15) is 5.56 Å². The standard InChI is InChI=1S/C15H20N2O4/c1-10-2-4-12(14(20)16-10)15(21)17-8-6-11(7-9-17)3-5-13(18)19/h2,4,11H,3,5-9H2,1H3,(H,16,20)(H,18,19). The molecule has 1 saturated heterocycles. The molecule has 0 saturated carbocycles. The first kappa shape index (κ1) is 15.3. The Morgan fingerprint density at radius 1 is 1.33 bits per heavy atom. The SMILES string of the molecule is Cc1ccc(C(=O)N2CCC(CCC(=O)O)CC2)c(=O)[nH]1. The van der Waals surface area contributed by atoms with Gasteiger partial charge in [-0.2, -0.15) is 0 Å². The lowest BCUT2D eigenvalue weighted by molar-refractivity contribution is -0.137. The molecule has 2 heterocycles. The second kappa shape index (κ2) is 6.56. The molecule has 0 spiro atoms. The smallest absolute Gasteiger partial charge is 0.303 e. The zero-order valence-electron chi connectivity index (χ0n) is 12.1. The van der Waals surface area contributed by atoms with E-state index < -0.39 is 5.97 Å². The van der Waals surface area contributed by atoms with E-state index in [1.807, 2.05) is 0 Å². The van der Waals surface area contributed by atoms with Crippen molar-refractivity contribution in [3.63, 3.8) is 0 Å². The zero-order chi connectivity index (χ0) is 15.4. The fourth-order valence-corrected chi connectivity index (χ4v) is 2.66. The fraction of sp³-hybridized carbons (Fsp3) is 0.533. The molecule has 1 amide bonds. The third-order valence-corrected chi connectivity index (χ3v) is 3.95. The number of aryl methyl sites for hydroxylation is 1. The molecule has 21 heavy (non-hydrogen) atoms. The van der Waals surface area contributed by atoms with Gasteiger partial charge >= 0.3 is 5.97 Å². The minimum Gasteiger partial charge on any atom is -0.481 e. The Bertz CT molecular complexity index is 586. The normalized spacial score (nSPS) is 16.0. The van der Waals surface area contributed by atoms with E-state index in [-0.39, 0.29) is 23.5 Å². The molecule has 1 aliphatic heterocycles. The molecule has 0 unspecified atom stereocenters. The van der Waals surface area contributed by atoms with Crippen molar-refractivity contribution in [3.05, 3.63) is 33.7 Å². The van der Waals surface area contributed by atoms with E-state index in [4.69, 9.17) is 5.11 Å². The van der Waals surface area contributed by atoms with Gasteiger partial charge in [0.15, 0.2) is 0 Å². The van der Waals surface area contributed by atoms with Gasteiger partial charge in [-0.25, -0.2) is 0 Å². The summed E-state index contributed by atoms with van der Waals surface area (Å²) in [6.07, 6.45) is 2.42. The highest BCUT2D eigenvalue weighted by Crippen LogP contribution is 2.22. The second-order valence-corrected chi connectivity index (χ2v) is 5.55. The van der Waals surface area contributed by atoms with Gasteiger partial charge in [-0.3, -0.25) is 14.4 Å². The van der Waals surface area contributed by atoms with Gasteiger partial charge < -0.3 is 15.0 Å². The van der Waals surface area contributed by atoms with Crippen molar-refractivity contribution in [2.24, 2.45) is 5.92 Å². The number of carbonyl (C=O) groups is 2. The number of hydrogen-bond donors (Lipinski definition) is 2. The summed E-state index contributed by atoms with van der Waals surface area (Å²) in [5.41, 5.74) is 0.543. The Labute approximate surface area is 122 Å².